The van der Waals surface area contributed by atoms with Crippen molar-refractivity contribution in [1.82, 2.24) is 4.90 Å². The predicted molar refractivity (Wildman–Crippen MR) is 114 cm³/mol. The first kappa shape index (κ1) is 22.4. The quantitative estimate of drug-likeness (QED) is 0.502. The molecule has 1 aromatic carbocycles. The zero-order valence-corrected chi connectivity index (χ0v) is 18.3. The topological polar surface area (TPSA) is 103 Å². The van der Waals surface area contributed by atoms with Crippen LogP contribution in [0.5, 0.6) is 0 Å². The number of ether oxygens (including phenoxy) is 2. The number of nitrogens with zero attached hydrogens (tertiary/aromatic N) is 1. The van der Waals surface area contributed by atoms with Crippen LogP contribution in [0.4, 0.5) is 4.79 Å². The maximum Gasteiger partial charge on any atom is 0.338 e. The van der Waals surface area contributed by atoms with Crippen LogP contribution in [0, 0.1) is 0 Å². The molecule has 2 aromatic rings. The molecule has 1 aromatic heterocycles. The van der Waals surface area contributed by atoms with E-state index in [4.69, 9.17) is 13.9 Å². The summed E-state index contributed by atoms with van der Waals surface area (Å²) in [4.78, 5) is 49.7. The Kier molecular flexibility index (Phi) is 6.35. The zero-order valence-electron chi connectivity index (χ0n) is 17.5. The molecule has 2 amide bonds. The van der Waals surface area contributed by atoms with Crippen molar-refractivity contribution >= 4 is 40.9 Å². The number of hydrogen-bond acceptors (Lipinski definition) is 8. The SMILES string of the molecule is COC(=O)c1ccccc1-c1ccc(C=C2SC(=O)N(CC(=O)OC(C)(C)C)C2=O)o1. The summed E-state index contributed by atoms with van der Waals surface area (Å²) < 4.78 is 15.7. The van der Waals surface area contributed by atoms with Crippen LogP contribution in [0.2, 0.25) is 0 Å². The van der Waals surface area contributed by atoms with E-state index in [2.05, 4.69) is 0 Å². The molecular weight excluding hydrogens is 422 g/mol. The second-order valence-electron chi connectivity index (χ2n) is 7.59. The van der Waals surface area contributed by atoms with E-state index >= 15 is 0 Å². The molecule has 1 saturated heterocycles. The van der Waals surface area contributed by atoms with Gasteiger partial charge < -0.3 is 13.9 Å². The van der Waals surface area contributed by atoms with Crippen molar-refractivity contribution < 1.29 is 33.1 Å². The van der Waals surface area contributed by atoms with Gasteiger partial charge in [-0.15, -0.1) is 0 Å². The van der Waals surface area contributed by atoms with E-state index in [1.807, 2.05) is 0 Å². The molecule has 162 valence electrons. The van der Waals surface area contributed by atoms with Crippen LogP contribution >= 0.6 is 11.8 Å². The summed E-state index contributed by atoms with van der Waals surface area (Å²) in [6.45, 7) is 4.64. The molecule has 0 unspecified atom stereocenters. The van der Waals surface area contributed by atoms with Crippen LogP contribution in [-0.2, 0) is 19.1 Å². The Morgan fingerprint density at radius 2 is 1.84 bits per heavy atom. The Morgan fingerprint density at radius 1 is 1.13 bits per heavy atom. The molecule has 0 bridgehead atoms. The van der Waals surface area contributed by atoms with E-state index < -0.39 is 35.2 Å². The van der Waals surface area contributed by atoms with Gasteiger partial charge in [0.25, 0.3) is 11.1 Å². The van der Waals surface area contributed by atoms with Crippen molar-refractivity contribution in [1.29, 1.82) is 0 Å². The van der Waals surface area contributed by atoms with Gasteiger partial charge in [-0.3, -0.25) is 19.3 Å². The highest BCUT2D eigenvalue weighted by atomic mass is 32.2. The highest BCUT2D eigenvalue weighted by Crippen LogP contribution is 2.34. The molecule has 2 heterocycles. The number of carbonyl (C=O) groups excluding carboxylic acids is 4. The number of thioether (sulfide) groups is 1. The van der Waals surface area contributed by atoms with Gasteiger partial charge in [0.05, 0.1) is 17.6 Å². The van der Waals surface area contributed by atoms with E-state index in [-0.39, 0.29) is 4.91 Å². The second-order valence-corrected chi connectivity index (χ2v) is 8.59. The first-order valence-corrected chi connectivity index (χ1v) is 10.2. The fraction of sp³-hybridized carbons (Fsp3) is 0.273. The molecule has 1 aliphatic heterocycles. The van der Waals surface area contributed by atoms with E-state index in [9.17, 15) is 19.2 Å². The highest BCUT2D eigenvalue weighted by molar-refractivity contribution is 8.18. The van der Waals surface area contributed by atoms with E-state index in [0.29, 0.717) is 34.4 Å². The molecule has 31 heavy (non-hydrogen) atoms. The maximum atomic E-state index is 12.6. The molecule has 1 aliphatic rings. The van der Waals surface area contributed by atoms with Crippen LogP contribution < -0.4 is 0 Å². The van der Waals surface area contributed by atoms with E-state index in [0.717, 1.165) is 4.90 Å². The Labute approximate surface area is 183 Å². The fourth-order valence-corrected chi connectivity index (χ4v) is 3.65. The number of methoxy groups -OCH3 is 1. The number of imide groups is 1. The average Bonchev–Trinajstić information content (AvgIpc) is 3.26. The van der Waals surface area contributed by atoms with Gasteiger partial charge in [0.1, 0.15) is 23.7 Å². The number of amides is 2. The predicted octanol–water partition coefficient (Wildman–Crippen LogP) is 4.11. The molecule has 3 rings (SSSR count). The second kappa shape index (κ2) is 8.81. The van der Waals surface area contributed by atoms with Crippen molar-refractivity contribution in [2.75, 3.05) is 13.7 Å². The average molecular weight is 443 g/mol. The lowest BCUT2D eigenvalue weighted by Crippen LogP contribution is -2.37. The van der Waals surface area contributed by atoms with Gasteiger partial charge in [-0.2, -0.15) is 0 Å². The van der Waals surface area contributed by atoms with Crippen LogP contribution in [0.3, 0.4) is 0 Å². The first-order valence-electron chi connectivity index (χ1n) is 9.34. The third-order valence-electron chi connectivity index (χ3n) is 4.08. The van der Waals surface area contributed by atoms with Gasteiger partial charge in [0, 0.05) is 11.6 Å². The number of hydrogen-bond donors (Lipinski definition) is 0. The summed E-state index contributed by atoms with van der Waals surface area (Å²) in [5.41, 5.74) is 0.148. The number of rotatable bonds is 5. The van der Waals surface area contributed by atoms with Gasteiger partial charge in [-0.25, -0.2) is 4.79 Å². The van der Waals surface area contributed by atoms with Gasteiger partial charge >= 0.3 is 11.9 Å². The lowest BCUT2D eigenvalue weighted by Gasteiger charge is -2.21. The third-order valence-corrected chi connectivity index (χ3v) is 4.99. The molecule has 0 radical (unpaired) electrons. The van der Waals surface area contributed by atoms with Crippen LogP contribution in [-0.4, -0.2) is 47.2 Å². The molecule has 0 spiro atoms. The van der Waals surface area contributed by atoms with Crippen LogP contribution in [0.1, 0.15) is 36.9 Å². The number of benzene rings is 1. The summed E-state index contributed by atoms with van der Waals surface area (Å²) in [5, 5.41) is -0.565. The van der Waals surface area contributed by atoms with Gasteiger partial charge in [0.2, 0.25) is 0 Å². The van der Waals surface area contributed by atoms with Crippen LogP contribution in [0.25, 0.3) is 17.4 Å². The van der Waals surface area contributed by atoms with Crippen molar-refractivity contribution in [2.45, 2.75) is 26.4 Å². The number of carbonyl (C=O) groups is 4. The first-order chi connectivity index (χ1) is 14.6. The highest BCUT2D eigenvalue weighted by Gasteiger charge is 2.37. The number of esters is 2. The molecule has 0 saturated carbocycles. The van der Waals surface area contributed by atoms with Gasteiger partial charge in [0.15, 0.2) is 0 Å². The van der Waals surface area contributed by atoms with Crippen molar-refractivity contribution in [3.8, 4) is 11.3 Å². The normalized spacial score (nSPS) is 15.5. The smallest absolute Gasteiger partial charge is 0.338 e. The summed E-state index contributed by atoms with van der Waals surface area (Å²) in [5.74, 6) is -1.06. The lowest BCUT2D eigenvalue weighted by atomic mass is 10.1. The molecule has 8 nitrogen and oxygen atoms in total. The monoisotopic (exact) mass is 443 g/mol. The maximum absolute atomic E-state index is 12.6. The standard InChI is InChI=1S/C22H21NO7S/c1-22(2,3)30-18(24)12-23-19(25)17(31-21(23)27)11-13-9-10-16(29-13)14-7-5-6-8-15(14)20(26)28-4/h5-11H,12H2,1-4H3. The Morgan fingerprint density at radius 3 is 2.52 bits per heavy atom. The molecule has 1 fully saturated rings. The van der Waals surface area contributed by atoms with Gasteiger partial charge in [-0.1, -0.05) is 18.2 Å². The molecule has 0 aliphatic carbocycles. The molecular formula is C22H21NO7S. The molecule has 9 heteroatoms. The minimum Gasteiger partial charge on any atom is -0.465 e. The summed E-state index contributed by atoms with van der Waals surface area (Å²) >= 11 is 0.710. The fourth-order valence-electron chi connectivity index (χ4n) is 2.83. The van der Waals surface area contributed by atoms with E-state index in [1.54, 1.807) is 57.2 Å². The van der Waals surface area contributed by atoms with Crippen LogP contribution in [0.15, 0.2) is 45.7 Å². The van der Waals surface area contributed by atoms with E-state index in [1.165, 1.54) is 13.2 Å². The molecule has 0 N–H and O–H groups in total. The Balaban J connectivity index is 1.79. The summed E-state index contributed by atoms with van der Waals surface area (Å²) in [7, 11) is 1.29. The third kappa shape index (κ3) is 5.24. The minimum absolute atomic E-state index is 0.121. The summed E-state index contributed by atoms with van der Waals surface area (Å²) in [6, 6.07) is 10.1. The van der Waals surface area contributed by atoms with Gasteiger partial charge in [-0.05, 0) is 50.7 Å². The largest absolute Gasteiger partial charge is 0.465 e. The zero-order chi connectivity index (χ0) is 22.8. The Bertz CT molecular complexity index is 1080. The molecule has 0 atom stereocenters. The number of furan rings is 1. The summed E-state index contributed by atoms with van der Waals surface area (Å²) in [6.07, 6.45) is 1.42. The Hall–Kier alpha value is -3.33. The van der Waals surface area contributed by atoms with Crippen molar-refractivity contribution in [3.63, 3.8) is 0 Å². The van der Waals surface area contributed by atoms with Crippen molar-refractivity contribution in [2.24, 2.45) is 0 Å². The minimum atomic E-state index is -0.722. The lowest BCUT2D eigenvalue weighted by molar-refractivity contribution is -0.156. The van der Waals surface area contributed by atoms with Crippen molar-refractivity contribution in [3.05, 3.63) is 52.6 Å².